The van der Waals surface area contributed by atoms with Crippen molar-refractivity contribution < 1.29 is 4.79 Å². The van der Waals surface area contributed by atoms with Crippen molar-refractivity contribution in [1.29, 1.82) is 0 Å². The van der Waals surface area contributed by atoms with Gasteiger partial charge in [0.05, 0.1) is 0 Å². The van der Waals surface area contributed by atoms with Crippen molar-refractivity contribution >= 4 is 6.41 Å². The second kappa shape index (κ2) is 3.93. The van der Waals surface area contributed by atoms with Crippen molar-refractivity contribution in [3.63, 3.8) is 0 Å². The monoisotopic (exact) mass is 152 g/mol. The zero-order chi connectivity index (χ0) is 8.10. The van der Waals surface area contributed by atoms with Gasteiger partial charge in [0.25, 0.3) is 0 Å². The molecule has 0 aromatic heterocycles. The second-order valence-electron chi connectivity index (χ2n) is 2.38. The molecule has 0 aliphatic heterocycles. The molecule has 1 aliphatic rings. The SMILES string of the molecule is NCCN(C=O)C1=CC=CC1. The summed E-state index contributed by atoms with van der Waals surface area (Å²) in [6.45, 7) is 1.12. The van der Waals surface area contributed by atoms with E-state index in [0.717, 1.165) is 18.5 Å². The maximum absolute atomic E-state index is 10.5. The van der Waals surface area contributed by atoms with Gasteiger partial charge in [0, 0.05) is 25.2 Å². The number of hydrogen-bond donors (Lipinski definition) is 1. The van der Waals surface area contributed by atoms with Crippen molar-refractivity contribution in [3.8, 4) is 0 Å². The maximum Gasteiger partial charge on any atom is 0.213 e. The van der Waals surface area contributed by atoms with Crippen molar-refractivity contribution in [1.82, 2.24) is 4.90 Å². The Labute approximate surface area is 66.2 Å². The molecule has 2 N–H and O–H groups in total. The molecular weight excluding hydrogens is 140 g/mol. The highest BCUT2D eigenvalue weighted by molar-refractivity contribution is 5.52. The van der Waals surface area contributed by atoms with Gasteiger partial charge >= 0.3 is 0 Å². The summed E-state index contributed by atoms with van der Waals surface area (Å²) in [5.41, 5.74) is 6.36. The summed E-state index contributed by atoms with van der Waals surface area (Å²) in [5.74, 6) is 0. The molecule has 0 atom stereocenters. The van der Waals surface area contributed by atoms with Gasteiger partial charge in [-0.05, 0) is 6.08 Å². The van der Waals surface area contributed by atoms with Crippen LogP contribution >= 0.6 is 0 Å². The smallest absolute Gasteiger partial charge is 0.213 e. The molecule has 3 heteroatoms. The number of rotatable bonds is 4. The molecule has 0 unspecified atom stereocenters. The molecule has 1 amide bonds. The minimum absolute atomic E-state index is 0.510. The van der Waals surface area contributed by atoms with E-state index in [1.54, 1.807) is 4.90 Å². The van der Waals surface area contributed by atoms with Gasteiger partial charge in [-0.1, -0.05) is 12.2 Å². The summed E-state index contributed by atoms with van der Waals surface area (Å²) in [4.78, 5) is 12.1. The summed E-state index contributed by atoms with van der Waals surface area (Å²) in [6.07, 6.45) is 7.57. The summed E-state index contributed by atoms with van der Waals surface area (Å²) >= 11 is 0. The van der Waals surface area contributed by atoms with Crippen molar-refractivity contribution in [2.45, 2.75) is 6.42 Å². The quantitative estimate of drug-likeness (QED) is 0.587. The van der Waals surface area contributed by atoms with Gasteiger partial charge < -0.3 is 10.6 Å². The van der Waals surface area contributed by atoms with Gasteiger partial charge in [-0.2, -0.15) is 0 Å². The molecular formula is C8H12N2O. The predicted octanol–water partition coefficient (Wildman–Crippen LogP) is 0.247. The Morgan fingerprint density at radius 2 is 2.55 bits per heavy atom. The van der Waals surface area contributed by atoms with Crippen LogP contribution in [-0.4, -0.2) is 24.4 Å². The lowest BCUT2D eigenvalue weighted by atomic mass is 10.3. The molecule has 11 heavy (non-hydrogen) atoms. The average Bonchev–Trinajstić information content (AvgIpc) is 2.52. The van der Waals surface area contributed by atoms with E-state index in [-0.39, 0.29) is 0 Å². The van der Waals surface area contributed by atoms with Crippen LogP contribution in [-0.2, 0) is 4.79 Å². The van der Waals surface area contributed by atoms with Gasteiger partial charge in [0.2, 0.25) is 6.41 Å². The largest absolute Gasteiger partial charge is 0.329 e. The van der Waals surface area contributed by atoms with E-state index in [1.807, 2.05) is 18.2 Å². The standard InChI is InChI=1S/C8H12N2O/c9-5-6-10(7-11)8-3-1-2-4-8/h1-3,7H,4-6,9H2. The third-order valence-electron chi connectivity index (χ3n) is 1.62. The van der Waals surface area contributed by atoms with Gasteiger partial charge in [-0.15, -0.1) is 0 Å². The maximum atomic E-state index is 10.5. The normalized spacial score (nSPS) is 14.8. The van der Waals surface area contributed by atoms with E-state index in [1.165, 1.54) is 0 Å². The van der Waals surface area contributed by atoms with E-state index in [4.69, 9.17) is 5.73 Å². The fraction of sp³-hybridized carbons (Fsp3) is 0.375. The van der Waals surface area contributed by atoms with Crippen LogP contribution in [0.15, 0.2) is 23.9 Å². The third kappa shape index (κ3) is 1.91. The van der Waals surface area contributed by atoms with Gasteiger partial charge in [0.1, 0.15) is 0 Å². The molecule has 0 saturated carbocycles. The molecule has 0 spiro atoms. The lowest BCUT2D eigenvalue weighted by Crippen LogP contribution is -2.26. The van der Waals surface area contributed by atoms with Gasteiger partial charge in [-0.3, -0.25) is 4.79 Å². The van der Waals surface area contributed by atoms with E-state index >= 15 is 0 Å². The van der Waals surface area contributed by atoms with Gasteiger partial charge in [0.15, 0.2) is 0 Å². The number of hydrogen-bond acceptors (Lipinski definition) is 2. The first-order valence-corrected chi connectivity index (χ1v) is 3.66. The summed E-state index contributed by atoms with van der Waals surface area (Å²) < 4.78 is 0. The number of nitrogens with two attached hydrogens (primary N) is 1. The number of allylic oxidation sites excluding steroid dienone is 3. The lowest BCUT2D eigenvalue weighted by molar-refractivity contribution is -0.116. The highest BCUT2D eigenvalue weighted by atomic mass is 16.1. The van der Waals surface area contributed by atoms with Gasteiger partial charge in [-0.25, -0.2) is 0 Å². The van der Waals surface area contributed by atoms with Crippen LogP contribution in [0.3, 0.4) is 0 Å². The Hall–Kier alpha value is -1.09. The second-order valence-corrected chi connectivity index (χ2v) is 2.38. The zero-order valence-corrected chi connectivity index (χ0v) is 6.36. The molecule has 0 fully saturated rings. The van der Waals surface area contributed by atoms with E-state index < -0.39 is 0 Å². The molecule has 0 radical (unpaired) electrons. The Morgan fingerprint density at radius 1 is 1.73 bits per heavy atom. The minimum atomic E-state index is 0.510. The summed E-state index contributed by atoms with van der Waals surface area (Å²) in [6, 6.07) is 0. The fourth-order valence-electron chi connectivity index (χ4n) is 1.05. The Kier molecular flexibility index (Phi) is 2.86. The van der Waals surface area contributed by atoms with Crippen LogP contribution in [0.1, 0.15) is 6.42 Å². The van der Waals surface area contributed by atoms with Crippen LogP contribution in [0.4, 0.5) is 0 Å². The predicted molar refractivity (Wildman–Crippen MR) is 43.7 cm³/mol. The van der Waals surface area contributed by atoms with Crippen molar-refractivity contribution in [2.75, 3.05) is 13.1 Å². The zero-order valence-electron chi connectivity index (χ0n) is 6.36. The lowest BCUT2D eigenvalue weighted by Gasteiger charge is -2.16. The number of nitrogens with zero attached hydrogens (tertiary/aromatic N) is 1. The number of amides is 1. The molecule has 3 nitrogen and oxygen atoms in total. The van der Waals surface area contributed by atoms with E-state index in [9.17, 15) is 4.79 Å². The average molecular weight is 152 g/mol. The molecule has 0 saturated heterocycles. The molecule has 1 aliphatic carbocycles. The molecule has 0 heterocycles. The molecule has 1 rings (SSSR count). The first-order valence-electron chi connectivity index (χ1n) is 3.66. The van der Waals surface area contributed by atoms with Crippen LogP contribution in [0.25, 0.3) is 0 Å². The highest BCUT2D eigenvalue weighted by Gasteiger charge is 2.07. The highest BCUT2D eigenvalue weighted by Crippen LogP contribution is 2.12. The van der Waals surface area contributed by atoms with Crippen molar-refractivity contribution in [2.24, 2.45) is 5.73 Å². The minimum Gasteiger partial charge on any atom is -0.329 e. The molecule has 0 aromatic rings. The van der Waals surface area contributed by atoms with Crippen LogP contribution in [0, 0.1) is 0 Å². The van der Waals surface area contributed by atoms with Crippen LogP contribution in [0.5, 0.6) is 0 Å². The number of carbonyl (C=O) groups is 1. The van der Waals surface area contributed by atoms with Crippen LogP contribution < -0.4 is 5.73 Å². The van der Waals surface area contributed by atoms with E-state index in [2.05, 4.69) is 0 Å². The molecule has 60 valence electrons. The van der Waals surface area contributed by atoms with E-state index in [0.29, 0.717) is 13.1 Å². The van der Waals surface area contributed by atoms with Crippen molar-refractivity contribution in [3.05, 3.63) is 23.9 Å². The van der Waals surface area contributed by atoms with Crippen LogP contribution in [0.2, 0.25) is 0 Å². The topological polar surface area (TPSA) is 46.3 Å². The Bertz CT molecular complexity index is 196. The third-order valence-corrected chi connectivity index (χ3v) is 1.62. The fourth-order valence-corrected chi connectivity index (χ4v) is 1.05. The number of carbonyl (C=O) groups excluding carboxylic acids is 1. The summed E-state index contributed by atoms with van der Waals surface area (Å²) in [7, 11) is 0. The summed E-state index contributed by atoms with van der Waals surface area (Å²) in [5, 5.41) is 0. The Morgan fingerprint density at radius 3 is 3.00 bits per heavy atom. The Balaban J connectivity index is 2.48. The molecule has 0 aromatic carbocycles. The molecule has 0 bridgehead atoms. The first kappa shape index (κ1) is 8.01. The first-order chi connectivity index (χ1) is 5.38.